The van der Waals surface area contributed by atoms with E-state index in [0.717, 1.165) is 11.0 Å². The molecule has 2 amide bonds. The van der Waals surface area contributed by atoms with Crippen molar-refractivity contribution < 1.29 is 35.9 Å². The Hall–Kier alpha value is -4.24. The minimum atomic E-state index is -5.13. The number of aromatic nitrogens is 5. The lowest BCUT2D eigenvalue weighted by Gasteiger charge is -2.17. The van der Waals surface area contributed by atoms with Crippen molar-refractivity contribution in [3.05, 3.63) is 93.1 Å². The van der Waals surface area contributed by atoms with Crippen LogP contribution in [-0.4, -0.2) is 36.8 Å². The molecule has 1 unspecified atom stereocenters. The first-order valence-electron chi connectivity index (χ1n) is 11.2. The number of benzene rings is 2. The molecule has 2 aromatic carbocycles. The topological polar surface area (TPSA) is 115 Å². The molecule has 2 N–H and O–H groups in total. The van der Waals surface area contributed by atoms with Gasteiger partial charge in [0.2, 0.25) is 0 Å². The van der Waals surface area contributed by atoms with Gasteiger partial charge in [-0.2, -0.15) is 31.4 Å². The van der Waals surface area contributed by atoms with E-state index in [1.54, 1.807) is 0 Å². The molecule has 0 saturated heterocycles. The summed E-state index contributed by atoms with van der Waals surface area (Å²) in [6.45, 7) is 1.36. The Labute approximate surface area is 236 Å². The van der Waals surface area contributed by atoms with Crippen molar-refractivity contribution in [1.82, 2.24) is 30.3 Å². The molecular weight excluding hydrogens is 603 g/mol. The van der Waals surface area contributed by atoms with Gasteiger partial charge in [-0.05, 0) is 43.3 Å². The molecule has 0 aliphatic rings. The van der Waals surface area contributed by atoms with Gasteiger partial charge in [-0.25, -0.2) is 4.98 Å². The summed E-state index contributed by atoms with van der Waals surface area (Å²) >= 11 is 11.9. The number of rotatable bonds is 6. The number of hydrogen-bond donors (Lipinski definition) is 2. The molecule has 4 rings (SSSR count). The zero-order valence-electron chi connectivity index (χ0n) is 20.3. The first-order valence-corrected chi connectivity index (χ1v) is 12.0. The number of nitrogens with one attached hydrogen (secondary N) is 2. The van der Waals surface area contributed by atoms with Crippen molar-refractivity contribution in [2.45, 2.75) is 25.3 Å². The summed E-state index contributed by atoms with van der Waals surface area (Å²) in [4.78, 5) is 34.5. The molecule has 2 heterocycles. The normalized spacial score (nSPS) is 12.6. The van der Waals surface area contributed by atoms with E-state index in [9.17, 15) is 35.9 Å². The molecular formula is C24H15Cl2F6N7O2. The van der Waals surface area contributed by atoms with E-state index < -0.39 is 46.9 Å². The van der Waals surface area contributed by atoms with Crippen LogP contribution in [0.3, 0.4) is 0 Å². The monoisotopic (exact) mass is 617 g/mol. The van der Waals surface area contributed by atoms with E-state index in [2.05, 4.69) is 30.8 Å². The molecule has 0 bridgehead atoms. The maximum Gasteiger partial charge on any atom is 0.416 e. The first kappa shape index (κ1) is 29.7. The van der Waals surface area contributed by atoms with Crippen molar-refractivity contribution in [3.8, 4) is 5.82 Å². The van der Waals surface area contributed by atoms with E-state index in [-0.39, 0.29) is 34.0 Å². The van der Waals surface area contributed by atoms with Gasteiger partial charge >= 0.3 is 12.4 Å². The predicted octanol–water partition coefficient (Wildman–Crippen LogP) is 6.15. The molecule has 0 saturated carbocycles. The number of nitrogens with zero attached hydrogens (tertiary/aromatic N) is 5. The second kappa shape index (κ2) is 11.3. The van der Waals surface area contributed by atoms with Crippen LogP contribution in [0.15, 0.2) is 55.0 Å². The van der Waals surface area contributed by atoms with Crippen molar-refractivity contribution in [3.63, 3.8) is 0 Å². The Kier molecular flexibility index (Phi) is 8.22. The van der Waals surface area contributed by atoms with Gasteiger partial charge in [0.1, 0.15) is 5.69 Å². The smallest absolute Gasteiger partial charge is 0.344 e. The molecule has 41 heavy (non-hydrogen) atoms. The number of anilines is 1. The van der Waals surface area contributed by atoms with Gasteiger partial charge in [0.15, 0.2) is 11.5 Å². The van der Waals surface area contributed by atoms with E-state index in [4.69, 9.17) is 23.2 Å². The molecule has 1 atom stereocenters. The maximum absolute atomic E-state index is 13.2. The number of carbonyl (C=O) groups excluding carboxylic acids is 2. The highest BCUT2D eigenvalue weighted by Gasteiger charge is 2.37. The largest absolute Gasteiger partial charge is 0.416 e. The minimum absolute atomic E-state index is 0.00725. The van der Waals surface area contributed by atoms with Crippen molar-refractivity contribution in [1.29, 1.82) is 0 Å². The summed E-state index contributed by atoms with van der Waals surface area (Å²) in [5.74, 6) is -2.01. The quantitative estimate of drug-likeness (QED) is 0.251. The summed E-state index contributed by atoms with van der Waals surface area (Å²) in [6.07, 6.45) is -6.69. The average Bonchev–Trinajstić information content (AvgIpc) is 3.39. The summed E-state index contributed by atoms with van der Waals surface area (Å²) in [7, 11) is 0. The molecule has 0 aliphatic heterocycles. The fourth-order valence-electron chi connectivity index (χ4n) is 3.48. The number of alkyl halides is 6. The van der Waals surface area contributed by atoms with Crippen LogP contribution in [0.1, 0.15) is 50.6 Å². The molecule has 17 heteroatoms. The minimum Gasteiger partial charge on any atom is -0.344 e. The zero-order chi connectivity index (χ0) is 30.1. The molecule has 214 valence electrons. The van der Waals surface area contributed by atoms with E-state index >= 15 is 0 Å². The maximum atomic E-state index is 13.2. The fourth-order valence-corrected chi connectivity index (χ4v) is 3.94. The van der Waals surface area contributed by atoms with Gasteiger partial charge in [0.05, 0.1) is 34.1 Å². The van der Waals surface area contributed by atoms with Crippen molar-refractivity contribution >= 4 is 40.7 Å². The molecule has 2 aromatic heterocycles. The second-order valence-corrected chi connectivity index (χ2v) is 9.20. The SMILES string of the molecule is CC(NC(=O)c1cc(C(F)(F)F)cc(C(F)(F)F)c1)c1nccnc1-n1ncc(C(=O)Nc2ccc(Cl)cc2Cl)n1. The number of carbonyl (C=O) groups is 2. The number of halogens is 8. The van der Waals surface area contributed by atoms with Crippen LogP contribution in [-0.2, 0) is 12.4 Å². The summed E-state index contributed by atoms with van der Waals surface area (Å²) in [5, 5.41) is 13.4. The Balaban J connectivity index is 1.57. The third kappa shape index (κ3) is 6.92. The number of hydrogen-bond acceptors (Lipinski definition) is 6. The highest BCUT2D eigenvalue weighted by atomic mass is 35.5. The van der Waals surface area contributed by atoms with Crippen molar-refractivity contribution in [2.75, 3.05) is 5.32 Å². The Morgan fingerprint density at radius 3 is 2.15 bits per heavy atom. The Morgan fingerprint density at radius 2 is 1.54 bits per heavy atom. The molecule has 0 radical (unpaired) electrons. The lowest BCUT2D eigenvalue weighted by atomic mass is 10.0. The molecule has 0 spiro atoms. The third-order valence-electron chi connectivity index (χ3n) is 5.41. The second-order valence-electron chi connectivity index (χ2n) is 8.35. The third-order valence-corrected chi connectivity index (χ3v) is 5.95. The van der Waals surface area contributed by atoms with Gasteiger partial charge in [-0.1, -0.05) is 23.2 Å². The van der Waals surface area contributed by atoms with Gasteiger partial charge in [0.25, 0.3) is 11.8 Å². The Morgan fingerprint density at radius 1 is 0.902 bits per heavy atom. The summed E-state index contributed by atoms with van der Waals surface area (Å²) < 4.78 is 79.3. The summed E-state index contributed by atoms with van der Waals surface area (Å²) in [5.41, 5.74) is -4.09. The molecule has 0 fully saturated rings. The van der Waals surface area contributed by atoms with Crippen LogP contribution < -0.4 is 10.6 Å². The van der Waals surface area contributed by atoms with Crippen LogP contribution in [0.2, 0.25) is 10.0 Å². The van der Waals surface area contributed by atoms with Crippen LogP contribution >= 0.6 is 23.2 Å². The van der Waals surface area contributed by atoms with Gasteiger partial charge in [-0.15, -0.1) is 9.90 Å². The van der Waals surface area contributed by atoms with Crippen LogP contribution in [0.25, 0.3) is 5.82 Å². The fraction of sp³-hybridized carbons (Fsp3) is 0.167. The van der Waals surface area contributed by atoms with Crippen LogP contribution in [0.5, 0.6) is 0 Å². The average molecular weight is 618 g/mol. The predicted molar refractivity (Wildman–Crippen MR) is 134 cm³/mol. The first-order chi connectivity index (χ1) is 19.1. The van der Waals surface area contributed by atoms with Gasteiger partial charge < -0.3 is 10.6 Å². The lowest BCUT2D eigenvalue weighted by Crippen LogP contribution is -2.29. The van der Waals surface area contributed by atoms with Crippen molar-refractivity contribution in [2.24, 2.45) is 0 Å². The number of amides is 2. The highest BCUT2D eigenvalue weighted by Crippen LogP contribution is 2.36. The molecule has 4 aromatic rings. The van der Waals surface area contributed by atoms with E-state index in [1.807, 2.05) is 0 Å². The summed E-state index contributed by atoms with van der Waals surface area (Å²) in [6, 6.07) is 3.82. The van der Waals surface area contributed by atoms with Crippen LogP contribution in [0, 0.1) is 0 Å². The molecule has 0 aliphatic carbocycles. The zero-order valence-corrected chi connectivity index (χ0v) is 21.9. The molecule has 9 nitrogen and oxygen atoms in total. The van der Waals surface area contributed by atoms with E-state index in [0.29, 0.717) is 17.2 Å². The van der Waals surface area contributed by atoms with E-state index in [1.165, 1.54) is 37.5 Å². The van der Waals surface area contributed by atoms with Gasteiger partial charge in [0, 0.05) is 23.0 Å². The lowest BCUT2D eigenvalue weighted by molar-refractivity contribution is -0.143. The highest BCUT2D eigenvalue weighted by molar-refractivity contribution is 6.36. The van der Waals surface area contributed by atoms with Gasteiger partial charge in [-0.3, -0.25) is 14.6 Å². The Bertz CT molecular complexity index is 1590. The van der Waals surface area contributed by atoms with Crippen LogP contribution in [0.4, 0.5) is 32.0 Å². The standard InChI is InChI=1S/C24H15Cl2F6N7O2/c1-11(36-21(40)12-6-13(23(27,28)29)8-14(7-12)24(30,31)32)19-20(34-5-4-33-19)39-35-10-18(38-39)22(41)37-17-3-2-15(25)9-16(17)26/h2-11H,1H3,(H,36,40)(H,37,41).